The highest BCUT2D eigenvalue weighted by Gasteiger charge is 2.05. The summed E-state index contributed by atoms with van der Waals surface area (Å²) in [4.78, 5) is 0. The van der Waals surface area contributed by atoms with Crippen molar-refractivity contribution in [2.24, 2.45) is 11.8 Å². The van der Waals surface area contributed by atoms with Crippen LogP contribution in [0, 0.1) is 11.8 Å². The molecule has 1 atom stereocenters. The molecule has 1 heteroatoms. The van der Waals surface area contributed by atoms with E-state index in [-0.39, 0.29) is 0 Å². The van der Waals surface area contributed by atoms with Crippen LogP contribution in [0.15, 0.2) is 0 Å². The Hall–Kier alpha value is -0.0400. The van der Waals surface area contributed by atoms with Crippen LogP contribution in [0.3, 0.4) is 0 Å². The third kappa shape index (κ3) is 7.86. The fourth-order valence-electron chi connectivity index (χ4n) is 1.09. The molecule has 1 nitrogen and oxygen atoms in total. The van der Waals surface area contributed by atoms with Gasteiger partial charge in [-0.15, -0.1) is 0 Å². The van der Waals surface area contributed by atoms with E-state index >= 15 is 0 Å². The lowest BCUT2D eigenvalue weighted by Gasteiger charge is -2.16. The van der Waals surface area contributed by atoms with Gasteiger partial charge in [-0.25, -0.2) is 0 Å². The van der Waals surface area contributed by atoms with Gasteiger partial charge in [0.25, 0.3) is 0 Å². The molecule has 0 unspecified atom stereocenters. The van der Waals surface area contributed by atoms with Crippen molar-refractivity contribution < 1.29 is 4.74 Å². The molecule has 0 aromatic carbocycles. The zero-order chi connectivity index (χ0) is 8.85. The Morgan fingerprint density at radius 3 is 1.82 bits per heavy atom. The molecule has 0 aliphatic rings. The van der Waals surface area contributed by atoms with Gasteiger partial charge in [0.1, 0.15) is 0 Å². The lowest BCUT2D eigenvalue weighted by molar-refractivity contribution is 0.0352. The largest absolute Gasteiger partial charge is 0.378 e. The summed E-state index contributed by atoms with van der Waals surface area (Å²) in [7, 11) is 0. The molecule has 0 bridgehead atoms. The van der Waals surface area contributed by atoms with Gasteiger partial charge in [0.2, 0.25) is 0 Å². The van der Waals surface area contributed by atoms with Crippen molar-refractivity contribution in [3.63, 3.8) is 0 Å². The molecule has 0 fully saturated rings. The van der Waals surface area contributed by atoms with Gasteiger partial charge in [-0.3, -0.25) is 0 Å². The summed E-state index contributed by atoms with van der Waals surface area (Å²) in [5.41, 5.74) is 0. The molecular weight excluding hydrogens is 136 g/mol. The number of hydrogen-bond donors (Lipinski definition) is 0. The minimum Gasteiger partial charge on any atom is -0.378 e. The molecule has 0 aliphatic heterocycles. The second-order valence-electron chi connectivity index (χ2n) is 4.17. The van der Waals surface area contributed by atoms with Crippen LogP contribution < -0.4 is 0 Å². The van der Waals surface area contributed by atoms with Gasteiger partial charge < -0.3 is 4.74 Å². The molecule has 0 aromatic rings. The Bertz CT molecular complexity index is 86.9. The van der Waals surface area contributed by atoms with Crippen molar-refractivity contribution in [2.75, 3.05) is 6.61 Å². The lowest BCUT2D eigenvalue weighted by atomic mass is 10.1. The average molecular weight is 158 g/mol. The quantitative estimate of drug-likeness (QED) is 0.597. The number of ether oxygens (including phenoxy) is 1. The van der Waals surface area contributed by atoms with Gasteiger partial charge in [-0.1, -0.05) is 27.7 Å². The van der Waals surface area contributed by atoms with Gasteiger partial charge in [-0.2, -0.15) is 0 Å². The normalized spacial score (nSPS) is 14.5. The fraction of sp³-hybridized carbons (Fsp3) is 1.00. The van der Waals surface area contributed by atoms with E-state index in [1.807, 2.05) is 0 Å². The fourth-order valence-corrected chi connectivity index (χ4v) is 1.09. The third-order valence-electron chi connectivity index (χ3n) is 1.52. The molecule has 0 saturated heterocycles. The number of hydrogen-bond acceptors (Lipinski definition) is 1. The second kappa shape index (κ2) is 5.59. The molecule has 0 saturated carbocycles. The maximum Gasteiger partial charge on any atom is 0.0549 e. The molecule has 11 heavy (non-hydrogen) atoms. The van der Waals surface area contributed by atoms with Crippen molar-refractivity contribution in [3.05, 3.63) is 0 Å². The average Bonchev–Trinajstić information content (AvgIpc) is 1.82. The van der Waals surface area contributed by atoms with E-state index in [1.165, 1.54) is 6.42 Å². The zero-order valence-corrected chi connectivity index (χ0v) is 8.55. The highest BCUT2D eigenvalue weighted by atomic mass is 16.5. The van der Waals surface area contributed by atoms with Gasteiger partial charge in [0.15, 0.2) is 0 Å². The summed E-state index contributed by atoms with van der Waals surface area (Å²) in [5, 5.41) is 0. The van der Waals surface area contributed by atoms with Crippen molar-refractivity contribution in [1.82, 2.24) is 0 Å². The first-order chi connectivity index (χ1) is 5.02. The summed E-state index contributed by atoms with van der Waals surface area (Å²) in [6.07, 6.45) is 1.60. The van der Waals surface area contributed by atoms with E-state index in [4.69, 9.17) is 4.74 Å². The molecule has 0 aliphatic carbocycles. The molecule has 0 rings (SSSR count). The van der Waals surface area contributed by atoms with Crippen molar-refractivity contribution in [3.8, 4) is 0 Å². The van der Waals surface area contributed by atoms with Crippen molar-refractivity contribution in [1.29, 1.82) is 0 Å². The maximum absolute atomic E-state index is 5.61. The van der Waals surface area contributed by atoms with Crippen molar-refractivity contribution in [2.45, 2.75) is 47.1 Å². The van der Waals surface area contributed by atoms with E-state index in [0.29, 0.717) is 12.0 Å². The van der Waals surface area contributed by atoms with Crippen LogP contribution in [-0.4, -0.2) is 12.7 Å². The Labute approximate surface area is 71.1 Å². The highest BCUT2D eigenvalue weighted by molar-refractivity contribution is 4.54. The topological polar surface area (TPSA) is 9.23 Å². The summed E-state index contributed by atoms with van der Waals surface area (Å²) >= 11 is 0. The standard InChI is InChI=1S/C10H22O/c1-8(2)6-10(5)11-7-9(3)4/h8-10H,6-7H2,1-5H3/t10-/m1/s1. The Morgan fingerprint density at radius 1 is 0.909 bits per heavy atom. The summed E-state index contributed by atoms with van der Waals surface area (Å²) < 4.78 is 5.61. The van der Waals surface area contributed by atoms with Gasteiger partial charge in [0, 0.05) is 6.61 Å². The van der Waals surface area contributed by atoms with Gasteiger partial charge in [0.05, 0.1) is 6.10 Å². The van der Waals surface area contributed by atoms with Crippen LogP contribution in [0.5, 0.6) is 0 Å². The smallest absolute Gasteiger partial charge is 0.0549 e. The van der Waals surface area contributed by atoms with E-state index in [1.54, 1.807) is 0 Å². The first kappa shape index (κ1) is 11.0. The second-order valence-corrected chi connectivity index (χ2v) is 4.17. The van der Waals surface area contributed by atoms with Crippen LogP contribution in [0.4, 0.5) is 0 Å². The highest BCUT2D eigenvalue weighted by Crippen LogP contribution is 2.08. The summed E-state index contributed by atoms with van der Waals surface area (Å²) in [5.74, 6) is 1.40. The lowest BCUT2D eigenvalue weighted by Crippen LogP contribution is -2.14. The van der Waals surface area contributed by atoms with Gasteiger partial charge >= 0.3 is 0 Å². The predicted molar refractivity (Wildman–Crippen MR) is 49.7 cm³/mol. The van der Waals surface area contributed by atoms with Crippen LogP contribution in [-0.2, 0) is 4.74 Å². The van der Waals surface area contributed by atoms with E-state index in [9.17, 15) is 0 Å². The van der Waals surface area contributed by atoms with Crippen LogP contribution in [0.2, 0.25) is 0 Å². The zero-order valence-electron chi connectivity index (χ0n) is 8.55. The molecule has 0 radical (unpaired) electrons. The van der Waals surface area contributed by atoms with E-state index in [0.717, 1.165) is 12.5 Å². The minimum atomic E-state index is 0.428. The molecule has 0 spiro atoms. The molecule has 0 aromatic heterocycles. The van der Waals surface area contributed by atoms with Crippen LogP contribution in [0.1, 0.15) is 41.0 Å². The monoisotopic (exact) mass is 158 g/mol. The molecule has 68 valence electrons. The van der Waals surface area contributed by atoms with Gasteiger partial charge in [-0.05, 0) is 25.2 Å². The Morgan fingerprint density at radius 2 is 1.45 bits per heavy atom. The molecule has 0 amide bonds. The maximum atomic E-state index is 5.61. The molecule has 0 N–H and O–H groups in total. The van der Waals surface area contributed by atoms with Crippen LogP contribution in [0.25, 0.3) is 0 Å². The predicted octanol–water partition coefficient (Wildman–Crippen LogP) is 3.09. The first-order valence-corrected chi connectivity index (χ1v) is 4.64. The Balaban J connectivity index is 3.29. The van der Waals surface area contributed by atoms with E-state index in [2.05, 4.69) is 34.6 Å². The summed E-state index contributed by atoms with van der Waals surface area (Å²) in [6.45, 7) is 11.9. The first-order valence-electron chi connectivity index (χ1n) is 4.64. The number of rotatable bonds is 5. The van der Waals surface area contributed by atoms with E-state index < -0.39 is 0 Å². The Kier molecular flexibility index (Phi) is 5.57. The minimum absolute atomic E-state index is 0.428. The van der Waals surface area contributed by atoms with Crippen LogP contribution >= 0.6 is 0 Å². The SMILES string of the molecule is CC(C)CO[C@H](C)CC(C)C. The van der Waals surface area contributed by atoms with Crippen molar-refractivity contribution >= 4 is 0 Å². The molecular formula is C10H22O. The summed E-state index contributed by atoms with van der Waals surface area (Å²) in [6, 6.07) is 0. The third-order valence-corrected chi connectivity index (χ3v) is 1.52. The molecule has 0 heterocycles.